The van der Waals surface area contributed by atoms with Crippen molar-refractivity contribution in [2.45, 2.75) is 34.1 Å². The van der Waals surface area contributed by atoms with Crippen LogP contribution < -0.4 is 10.4 Å². The van der Waals surface area contributed by atoms with Crippen LogP contribution in [0.25, 0.3) is 11.0 Å². The highest BCUT2D eigenvalue weighted by molar-refractivity contribution is 5.87. The fourth-order valence-corrected chi connectivity index (χ4v) is 2.96. The number of carbonyl (C=O) groups excluding carboxylic acids is 2. The number of amides is 1. The molecule has 1 heterocycles. The molecule has 0 aliphatic carbocycles. The van der Waals surface area contributed by atoms with Gasteiger partial charge in [0.15, 0.2) is 6.61 Å². The first-order valence-electron chi connectivity index (χ1n) is 8.87. The van der Waals surface area contributed by atoms with Gasteiger partial charge in [0, 0.05) is 24.0 Å². The van der Waals surface area contributed by atoms with E-state index in [1.165, 1.54) is 7.11 Å². The van der Waals surface area contributed by atoms with Gasteiger partial charge in [-0.05, 0) is 45.4 Å². The normalized spacial score (nSPS) is 10.7. The molecule has 0 bridgehead atoms. The van der Waals surface area contributed by atoms with Crippen LogP contribution in [-0.4, -0.2) is 43.6 Å². The first-order chi connectivity index (χ1) is 12.8. The van der Waals surface area contributed by atoms with Gasteiger partial charge in [-0.25, -0.2) is 4.79 Å². The topological polar surface area (TPSA) is 86.0 Å². The predicted molar refractivity (Wildman–Crippen MR) is 101 cm³/mol. The molecule has 0 unspecified atom stereocenters. The Hall–Kier alpha value is -2.83. The lowest BCUT2D eigenvalue weighted by Gasteiger charge is -2.19. The van der Waals surface area contributed by atoms with Crippen molar-refractivity contribution in [2.75, 3.05) is 26.8 Å². The number of aryl methyl sites for hydroxylation is 2. The van der Waals surface area contributed by atoms with Gasteiger partial charge in [0.05, 0.1) is 19.1 Å². The SMILES string of the molecule is CCN(CC)C(=O)COc1ccc2c(C)c(CC(=O)OC)c(=O)oc2c1C. The van der Waals surface area contributed by atoms with Gasteiger partial charge in [0.2, 0.25) is 0 Å². The minimum absolute atomic E-state index is 0.0856. The highest BCUT2D eigenvalue weighted by Crippen LogP contribution is 2.29. The molecule has 0 saturated heterocycles. The van der Waals surface area contributed by atoms with E-state index in [4.69, 9.17) is 9.15 Å². The number of benzene rings is 1. The minimum atomic E-state index is -0.579. The van der Waals surface area contributed by atoms with Crippen molar-refractivity contribution in [1.82, 2.24) is 4.90 Å². The number of hydrogen-bond acceptors (Lipinski definition) is 6. The van der Waals surface area contributed by atoms with E-state index in [2.05, 4.69) is 4.74 Å². The van der Waals surface area contributed by atoms with Crippen molar-refractivity contribution in [3.63, 3.8) is 0 Å². The highest BCUT2D eigenvalue weighted by Gasteiger charge is 2.18. The summed E-state index contributed by atoms with van der Waals surface area (Å²) in [7, 11) is 1.27. The van der Waals surface area contributed by atoms with Gasteiger partial charge in [-0.3, -0.25) is 9.59 Å². The summed E-state index contributed by atoms with van der Waals surface area (Å²) in [6.45, 7) is 8.50. The van der Waals surface area contributed by atoms with Crippen molar-refractivity contribution >= 4 is 22.8 Å². The number of ether oxygens (including phenoxy) is 2. The van der Waals surface area contributed by atoms with Gasteiger partial charge in [-0.1, -0.05) is 0 Å². The molecular formula is C20H25NO6. The fraction of sp³-hybridized carbons (Fsp3) is 0.450. The van der Waals surface area contributed by atoms with Gasteiger partial charge in [-0.2, -0.15) is 0 Å². The summed E-state index contributed by atoms with van der Waals surface area (Å²) in [5.41, 5.74) is 1.38. The number of rotatable bonds is 7. The van der Waals surface area contributed by atoms with E-state index in [0.29, 0.717) is 40.9 Å². The standard InChI is InChI=1S/C20H25NO6/c1-6-21(7-2)17(22)11-26-16-9-8-14-12(3)15(10-18(23)25-5)20(24)27-19(14)13(16)4/h8-9H,6-7,10-11H2,1-5H3. The summed E-state index contributed by atoms with van der Waals surface area (Å²) in [6.07, 6.45) is -0.143. The first-order valence-corrected chi connectivity index (χ1v) is 8.87. The molecule has 0 fully saturated rings. The molecule has 0 saturated carbocycles. The maximum absolute atomic E-state index is 12.3. The van der Waals surface area contributed by atoms with Gasteiger partial charge in [-0.15, -0.1) is 0 Å². The second-order valence-electron chi connectivity index (χ2n) is 6.17. The Morgan fingerprint density at radius 2 is 1.78 bits per heavy atom. The molecule has 1 aromatic heterocycles. The van der Waals surface area contributed by atoms with Crippen LogP contribution >= 0.6 is 0 Å². The summed E-state index contributed by atoms with van der Waals surface area (Å²) >= 11 is 0. The van der Waals surface area contributed by atoms with Crippen LogP contribution in [0.4, 0.5) is 0 Å². The lowest BCUT2D eigenvalue weighted by atomic mass is 10.0. The molecule has 0 atom stereocenters. The average Bonchev–Trinajstić information content (AvgIpc) is 2.65. The van der Waals surface area contributed by atoms with E-state index in [9.17, 15) is 14.4 Å². The minimum Gasteiger partial charge on any atom is -0.483 e. The number of nitrogens with zero attached hydrogens (tertiary/aromatic N) is 1. The molecule has 2 aromatic rings. The number of methoxy groups -OCH3 is 1. The lowest BCUT2D eigenvalue weighted by Crippen LogP contribution is -2.34. The maximum atomic E-state index is 12.3. The second-order valence-corrected chi connectivity index (χ2v) is 6.17. The van der Waals surface area contributed by atoms with Gasteiger partial charge < -0.3 is 18.8 Å². The van der Waals surface area contributed by atoms with Crippen LogP contribution in [0.15, 0.2) is 21.3 Å². The first kappa shape index (κ1) is 20.5. The van der Waals surface area contributed by atoms with E-state index >= 15 is 0 Å². The number of carbonyl (C=O) groups is 2. The summed E-state index contributed by atoms with van der Waals surface area (Å²) in [5, 5.41) is 0.716. The molecule has 0 radical (unpaired) electrons. The molecule has 0 N–H and O–H groups in total. The molecular weight excluding hydrogens is 350 g/mol. The molecule has 7 nitrogen and oxygen atoms in total. The zero-order valence-corrected chi connectivity index (χ0v) is 16.4. The third-order valence-electron chi connectivity index (χ3n) is 4.67. The van der Waals surface area contributed by atoms with Crippen molar-refractivity contribution in [3.8, 4) is 5.75 Å². The van der Waals surface area contributed by atoms with Gasteiger partial charge in [0.1, 0.15) is 11.3 Å². The van der Waals surface area contributed by atoms with E-state index in [0.717, 1.165) is 0 Å². The van der Waals surface area contributed by atoms with Crippen molar-refractivity contribution in [1.29, 1.82) is 0 Å². The molecule has 1 amide bonds. The largest absolute Gasteiger partial charge is 0.483 e. The fourth-order valence-electron chi connectivity index (χ4n) is 2.96. The van der Waals surface area contributed by atoms with Crippen LogP contribution in [-0.2, 0) is 20.7 Å². The van der Waals surface area contributed by atoms with E-state index in [1.54, 1.807) is 30.9 Å². The molecule has 0 spiro atoms. The van der Waals surface area contributed by atoms with Gasteiger partial charge in [0.25, 0.3) is 5.91 Å². The quantitative estimate of drug-likeness (QED) is 0.545. The predicted octanol–water partition coefficient (Wildman–Crippen LogP) is 2.37. The van der Waals surface area contributed by atoms with Crippen LogP contribution in [0.5, 0.6) is 5.75 Å². The van der Waals surface area contributed by atoms with Crippen molar-refractivity contribution < 1.29 is 23.5 Å². The summed E-state index contributed by atoms with van der Waals surface area (Å²) in [5.74, 6) is -0.131. The Labute approximate surface area is 157 Å². The Morgan fingerprint density at radius 3 is 2.37 bits per heavy atom. The van der Waals surface area contributed by atoms with Crippen molar-refractivity contribution in [3.05, 3.63) is 39.2 Å². The second kappa shape index (κ2) is 8.70. The average molecular weight is 375 g/mol. The molecule has 146 valence electrons. The molecule has 2 rings (SSSR count). The lowest BCUT2D eigenvalue weighted by molar-refractivity contribution is -0.139. The Balaban J connectivity index is 2.37. The monoisotopic (exact) mass is 375 g/mol. The molecule has 0 aliphatic rings. The molecule has 1 aromatic carbocycles. The third-order valence-corrected chi connectivity index (χ3v) is 4.67. The van der Waals surface area contributed by atoms with Crippen molar-refractivity contribution in [2.24, 2.45) is 0 Å². The molecule has 7 heteroatoms. The summed E-state index contributed by atoms with van der Waals surface area (Å²) < 4.78 is 15.7. The van der Waals surface area contributed by atoms with E-state index in [1.807, 2.05) is 13.8 Å². The highest BCUT2D eigenvalue weighted by atomic mass is 16.5. The Bertz CT molecular complexity index is 911. The molecule has 27 heavy (non-hydrogen) atoms. The molecule has 0 aliphatic heterocycles. The van der Waals surface area contributed by atoms with E-state index in [-0.39, 0.29) is 24.5 Å². The summed E-state index contributed by atoms with van der Waals surface area (Å²) in [4.78, 5) is 37.7. The van der Waals surface area contributed by atoms with Crippen LogP contribution in [0.2, 0.25) is 0 Å². The van der Waals surface area contributed by atoms with Gasteiger partial charge >= 0.3 is 11.6 Å². The smallest absolute Gasteiger partial charge is 0.340 e. The number of fused-ring (bicyclic) bond motifs is 1. The number of likely N-dealkylation sites (N-methyl/N-ethyl adjacent to an activating group) is 1. The van der Waals surface area contributed by atoms with Crippen LogP contribution in [0.1, 0.15) is 30.5 Å². The Kier molecular flexibility index (Phi) is 6.60. The summed E-state index contributed by atoms with van der Waals surface area (Å²) in [6, 6.07) is 3.50. The number of hydrogen-bond donors (Lipinski definition) is 0. The van der Waals surface area contributed by atoms with Crippen LogP contribution in [0.3, 0.4) is 0 Å². The number of esters is 1. The third kappa shape index (κ3) is 4.30. The van der Waals surface area contributed by atoms with E-state index < -0.39 is 11.6 Å². The zero-order chi connectivity index (χ0) is 20.1. The van der Waals surface area contributed by atoms with Crippen LogP contribution in [0, 0.1) is 13.8 Å². The maximum Gasteiger partial charge on any atom is 0.340 e. The zero-order valence-electron chi connectivity index (χ0n) is 16.4. The Morgan fingerprint density at radius 1 is 1.11 bits per heavy atom.